The van der Waals surface area contributed by atoms with Crippen LogP contribution in [0.15, 0.2) is 30.3 Å². The van der Waals surface area contributed by atoms with Gasteiger partial charge in [0.05, 0.1) is 33.1 Å². The number of rotatable bonds is 4. The number of imide groups is 1. The number of nitro groups is 1. The van der Waals surface area contributed by atoms with E-state index in [0.29, 0.717) is 37.4 Å². The maximum atomic E-state index is 13.6. The van der Waals surface area contributed by atoms with Gasteiger partial charge in [-0.1, -0.05) is 6.07 Å². The standard InChI is InChI=1S/C28H27N3O7/c32-20-6-3-15-11-21-28(35)8-7-19(30-25(33)17-5-4-16(31(36)37)12-18(17)26(30)34)24-27(28,22(15)23(20)38-24)9-10-29(21)13-14-1-2-14/h3-6,12,14,19,21,24,32,35H,1-2,7-11,13H2/t19-,21-,24+,27+,28?/m1/s1. The van der Waals surface area contributed by atoms with Gasteiger partial charge in [-0.2, -0.15) is 0 Å². The zero-order valence-corrected chi connectivity index (χ0v) is 20.6. The van der Waals surface area contributed by atoms with Crippen molar-refractivity contribution < 1.29 is 29.5 Å². The number of ether oxygens (including phenoxy) is 1. The van der Waals surface area contributed by atoms with Crippen LogP contribution in [0.1, 0.15) is 63.9 Å². The summed E-state index contributed by atoms with van der Waals surface area (Å²) in [6.45, 7) is 1.72. The third-order valence-electron chi connectivity index (χ3n) is 10.2. The van der Waals surface area contributed by atoms with Gasteiger partial charge in [-0.05, 0) is 68.7 Å². The van der Waals surface area contributed by atoms with Gasteiger partial charge in [-0.25, -0.2) is 0 Å². The van der Waals surface area contributed by atoms with E-state index in [1.165, 1.54) is 29.9 Å². The minimum Gasteiger partial charge on any atom is -0.504 e. The van der Waals surface area contributed by atoms with Crippen molar-refractivity contribution in [2.45, 2.75) is 67.7 Å². The number of aliphatic hydroxyl groups is 1. The van der Waals surface area contributed by atoms with Crippen LogP contribution in [0.4, 0.5) is 5.69 Å². The first-order chi connectivity index (χ1) is 18.2. The van der Waals surface area contributed by atoms with E-state index < -0.39 is 39.9 Å². The van der Waals surface area contributed by atoms with Crippen molar-refractivity contribution >= 4 is 17.5 Å². The van der Waals surface area contributed by atoms with Crippen LogP contribution in [0.2, 0.25) is 0 Å². The highest BCUT2D eigenvalue weighted by molar-refractivity contribution is 6.22. The smallest absolute Gasteiger partial charge is 0.270 e. The molecule has 5 atom stereocenters. The predicted octanol–water partition coefficient (Wildman–Crippen LogP) is 2.53. The van der Waals surface area contributed by atoms with E-state index >= 15 is 0 Å². The summed E-state index contributed by atoms with van der Waals surface area (Å²) in [5.74, 6) is -0.0826. The number of amides is 2. The molecule has 6 aliphatic rings. The van der Waals surface area contributed by atoms with Gasteiger partial charge in [0.15, 0.2) is 11.5 Å². The van der Waals surface area contributed by atoms with E-state index in [-0.39, 0.29) is 28.6 Å². The summed E-state index contributed by atoms with van der Waals surface area (Å²) in [6, 6.07) is 6.48. The third-order valence-corrected chi connectivity index (χ3v) is 10.2. The van der Waals surface area contributed by atoms with E-state index in [1.807, 2.05) is 6.07 Å². The van der Waals surface area contributed by atoms with E-state index in [9.17, 15) is 29.9 Å². The van der Waals surface area contributed by atoms with Gasteiger partial charge in [-0.3, -0.25) is 29.5 Å². The molecule has 2 amide bonds. The van der Waals surface area contributed by atoms with Crippen LogP contribution >= 0.6 is 0 Å². The largest absolute Gasteiger partial charge is 0.504 e. The second-order valence-corrected chi connectivity index (χ2v) is 11.9. The maximum Gasteiger partial charge on any atom is 0.270 e. The average molecular weight is 518 g/mol. The lowest BCUT2D eigenvalue weighted by atomic mass is 9.48. The van der Waals surface area contributed by atoms with Crippen LogP contribution in [0, 0.1) is 16.0 Å². The number of nitro benzene ring substituents is 1. The summed E-state index contributed by atoms with van der Waals surface area (Å²) in [5.41, 5.74) is -0.242. The van der Waals surface area contributed by atoms with Crippen molar-refractivity contribution in [3.05, 3.63) is 62.7 Å². The number of hydrogen-bond acceptors (Lipinski definition) is 8. The van der Waals surface area contributed by atoms with Crippen LogP contribution in [0.5, 0.6) is 11.5 Å². The number of likely N-dealkylation sites (tertiary alicyclic amines) is 1. The molecule has 0 radical (unpaired) electrons. The van der Waals surface area contributed by atoms with Gasteiger partial charge in [-0.15, -0.1) is 0 Å². The van der Waals surface area contributed by atoms with Crippen molar-refractivity contribution in [3.8, 4) is 11.5 Å². The molecule has 3 aliphatic heterocycles. The van der Waals surface area contributed by atoms with E-state index in [2.05, 4.69) is 4.90 Å². The molecular weight excluding hydrogens is 490 g/mol. The number of aromatic hydroxyl groups is 1. The molecule has 38 heavy (non-hydrogen) atoms. The lowest BCUT2D eigenvalue weighted by Crippen LogP contribution is -2.78. The van der Waals surface area contributed by atoms with Crippen LogP contribution in [0.3, 0.4) is 0 Å². The number of nitrogens with zero attached hydrogens (tertiary/aromatic N) is 3. The normalized spacial score (nSPS) is 34.7. The molecule has 8 rings (SSSR count). The van der Waals surface area contributed by atoms with E-state index in [1.54, 1.807) is 6.07 Å². The molecule has 1 spiro atoms. The summed E-state index contributed by atoms with van der Waals surface area (Å²) in [6.07, 6.45) is 3.67. The summed E-state index contributed by atoms with van der Waals surface area (Å²) < 4.78 is 6.50. The summed E-state index contributed by atoms with van der Waals surface area (Å²) in [7, 11) is 0. The summed E-state index contributed by atoms with van der Waals surface area (Å²) in [4.78, 5) is 41.5. The number of carbonyl (C=O) groups is 2. The molecule has 2 bridgehead atoms. The first-order valence-corrected chi connectivity index (χ1v) is 13.4. The number of hydrogen-bond donors (Lipinski definition) is 2. The molecule has 1 unspecified atom stereocenters. The fourth-order valence-electron chi connectivity index (χ4n) is 8.38. The molecule has 2 saturated carbocycles. The molecule has 1 saturated heterocycles. The highest BCUT2D eigenvalue weighted by Crippen LogP contribution is 2.66. The van der Waals surface area contributed by atoms with E-state index in [0.717, 1.165) is 30.3 Å². The minimum absolute atomic E-state index is 0.00882. The van der Waals surface area contributed by atoms with Gasteiger partial charge < -0.3 is 14.9 Å². The number of benzene rings is 2. The molecule has 10 nitrogen and oxygen atoms in total. The molecule has 2 aromatic rings. The minimum atomic E-state index is -1.13. The lowest BCUT2D eigenvalue weighted by molar-refractivity contribution is -0.384. The Morgan fingerprint density at radius 3 is 2.63 bits per heavy atom. The Morgan fingerprint density at radius 1 is 1.08 bits per heavy atom. The molecule has 10 heteroatoms. The number of non-ortho nitro benzene ring substituents is 1. The molecular formula is C28H27N3O7. The maximum absolute atomic E-state index is 13.6. The number of phenolic OH excluding ortho intramolecular Hbond substituents is 1. The van der Waals surface area contributed by atoms with Crippen LogP contribution < -0.4 is 4.74 Å². The van der Waals surface area contributed by atoms with Gasteiger partial charge in [0.25, 0.3) is 17.5 Å². The summed E-state index contributed by atoms with van der Waals surface area (Å²) in [5, 5.41) is 34.8. The van der Waals surface area contributed by atoms with Crippen molar-refractivity contribution in [1.82, 2.24) is 9.80 Å². The number of carbonyl (C=O) groups excluding carboxylic acids is 2. The van der Waals surface area contributed by atoms with Crippen molar-refractivity contribution in [2.24, 2.45) is 5.92 Å². The van der Waals surface area contributed by atoms with Crippen LogP contribution in [-0.2, 0) is 11.8 Å². The monoisotopic (exact) mass is 517 g/mol. The van der Waals surface area contributed by atoms with Crippen molar-refractivity contribution in [3.63, 3.8) is 0 Å². The third kappa shape index (κ3) is 2.55. The first kappa shape index (κ1) is 22.5. The van der Waals surface area contributed by atoms with E-state index in [4.69, 9.17) is 4.74 Å². The molecule has 3 aliphatic carbocycles. The molecule has 3 fully saturated rings. The highest BCUT2D eigenvalue weighted by atomic mass is 16.6. The quantitative estimate of drug-likeness (QED) is 0.359. The van der Waals surface area contributed by atoms with Gasteiger partial charge in [0.2, 0.25) is 0 Å². The van der Waals surface area contributed by atoms with Gasteiger partial charge in [0.1, 0.15) is 6.10 Å². The lowest BCUT2D eigenvalue weighted by Gasteiger charge is -2.64. The SMILES string of the molecule is O=C1c2ccc([N+](=O)[O-])cc2C(=O)N1[C@@H]1CCC2(O)[C@H]3Cc4ccc(O)c5c4[C@@]2(CCN3CC2CC2)[C@H]1O5. The molecule has 2 N–H and O–H groups in total. The average Bonchev–Trinajstić information content (AvgIpc) is 3.59. The predicted molar refractivity (Wildman–Crippen MR) is 132 cm³/mol. The van der Waals surface area contributed by atoms with Gasteiger partial charge >= 0.3 is 0 Å². The second kappa shape index (κ2) is 7.12. The van der Waals surface area contributed by atoms with Crippen molar-refractivity contribution in [2.75, 3.05) is 13.1 Å². The zero-order valence-electron chi connectivity index (χ0n) is 20.6. The number of piperidine rings is 1. The Bertz CT molecular complexity index is 1470. The Balaban J connectivity index is 1.25. The fourth-order valence-corrected chi connectivity index (χ4v) is 8.38. The Kier molecular flexibility index (Phi) is 4.21. The first-order valence-electron chi connectivity index (χ1n) is 13.4. The highest BCUT2D eigenvalue weighted by Gasteiger charge is 2.74. The summed E-state index contributed by atoms with van der Waals surface area (Å²) >= 11 is 0. The van der Waals surface area contributed by atoms with Crippen LogP contribution in [0.25, 0.3) is 0 Å². The topological polar surface area (TPSA) is 133 Å². The van der Waals surface area contributed by atoms with Crippen LogP contribution in [-0.4, -0.2) is 73.6 Å². The molecule has 196 valence electrons. The molecule has 3 heterocycles. The zero-order chi connectivity index (χ0) is 26.1. The fraction of sp³-hybridized carbons (Fsp3) is 0.500. The second-order valence-electron chi connectivity index (χ2n) is 11.9. The van der Waals surface area contributed by atoms with Crippen molar-refractivity contribution in [1.29, 1.82) is 0 Å². The number of fused-ring (bicyclic) bond motifs is 1. The Hall–Kier alpha value is -3.50. The number of phenols is 1. The Morgan fingerprint density at radius 2 is 1.87 bits per heavy atom. The van der Waals surface area contributed by atoms with Gasteiger partial charge in [0, 0.05) is 30.3 Å². The molecule has 2 aromatic carbocycles. The molecule has 0 aromatic heterocycles. The Labute approximate surface area is 217 Å².